The van der Waals surface area contributed by atoms with Crippen LogP contribution in [0.25, 0.3) is 11.5 Å². The Morgan fingerprint density at radius 2 is 1.90 bits per heavy atom. The molecule has 0 atom stereocenters. The Bertz CT molecular complexity index is 1360. The molecule has 0 spiro atoms. The van der Waals surface area contributed by atoms with Crippen molar-refractivity contribution in [3.05, 3.63) is 75.7 Å². The third-order valence-corrected chi connectivity index (χ3v) is 5.66. The summed E-state index contributed by atoms with van der Waals surface area (Å²) >= 11 is 0. The Hall–Kier alpha value is -3.75. The molecule has 0 radical (unpaired) electrons. The second-order valence-corrected chi connectivity index (χ2v) is 8.10. The Labute approximate surface area is 178 Å². The number of likely N-dealkylation sites (tertiary alicyclic amines) is 1. The number of imidazole rings is 1. The minimum absolute atomic E-state index is 0.0378. The van der Waals surface area contributed by atoms with Gasteiger partial charge in [-0.2, -0.15) is 5.10 Å². The summed E-state index contributed by atoms with van der Waals surface area (Å²) in [6.45, 7) is 7.35. The molecule has 1 amide bonds. The molecule has 5 rings (SSSR count). The fourth-order valence-electron chi connectivity index (χ4n) is 4.16. The van der Waals surface area contributed by atoms with Crippen LogP contribution in [0.1, 0.15) is 27.6 Å². The fraction of sp³-hybridized carbons (Fsp3) is 0.318. The number of pyridine rings is 1. The zero-order chi connectivity index (χ0) is 21.7. The summed E-state index contributed by atoms with van der Waals surface area (Å²) in [5.74, 6) is 0.743. The summed E-state index contributed by atoms with van der Waals surface area (Å²) in [5, 5.41) is 8.94. The lowest BCUT2D eigenvalue weighted by atomic mass is 9.99. The van der Waals surface area contributed by atoms with E-state index in [4.69, 9.17) is 0 Å². The number of aromatic nitrogens is 6. The molecule has 31 heavy (non-hydrogen) atoms. The normalized spacial score (nSPS) is 14.2. The highest BCUT2D eigenvalue weighted by molar-refractivity contribution is 5.95. The van der Waals surface area contributed by atoms with Crippen molar-refractivity contribution in [1.29, 1.82) is 0 Å². The van der Waals surface area contributed by atoms with Gasteiger partial charge in [0.05, 0.1) is 17.9 Å². The average molecular weight is 417 g/mol. The van der Waals surface area contributed by atoms with Crippen molar-refractivity contribution in [2.45, 2.75) is 27.3 Å². The Morgan fingerprint density at radius 3 is 2.65 bits per heavy atom. The lowest BCUT2D eigenvalue weighted by molar-refractivity contribution is 0.0450. The summed E-state index contributed by atoms with van der Waals surface area (Å²) in [7, 11) is 0. The van der Waals surface area contributed by atoms with Crippen LogP contribution in [0.15, 0.2) is 47.4 Å². The summed E-state index contributed by atoms with van der Waals surface area (Å²) in [6, 6.07) is 10.8. The third kappa shape index (κ3) is 3.31. The highest BCUT2D eigenvalue weighted by Crippen LogP contribution is 2.22. The van der Waals surface area contributed by atoms with Gasteiger partial charge in [0.2, 0.25) is 0 Å². The number of carbonyl (C=O) groups excluding carboxylic acids is 1. The van der Waals surface area contributed by atoms with E-state index in [0.717, 1.165) is 22.7 Å². The number of nitrogens with zero attached hydrogens (tertiary/aromatic N) is 7. The van der Waals surface area contributed by atoms with Gasteiger partial charge >= 0.3 is 0 Å². The highest BCUT2D eigenvalue weighted by Gasteiger charge is 2.34. The zero-order valence-electron chi connectivity index (χ0n) is 17.7. The molecule has 9 heteroatoms. The van der Waals surface area contributed by atoms with Gasteiger partial charge in [0.15, 0.2) is 5.82 Å². The fourth-order valence-corrected chi connectivity index (χ4v) is 4.16. The molecular weight excluding hydrogens is 394 g/mol. The summed E-state index contributed by atoms with van der Waals surface area (Å²) in [6.07, 6.45) is 1.85. The maximum Gasteiger partial charge on any atom is 0.272 e. The number of aryl methyl sites for hydroxylation is 3. The predicted molar refractivity (Wildman–Crippen MR) is 114 cm³/mol. The molecule has 0 unspecified atom stereocenters. The third-order valence-electron chi connectivity index (χ3n) is 5.66. The SMILES string of the molecule is Cc1cc(C)n(-c2ccc(=O)n(CC3CN(C(=O)c4c(C)nc5ccccn45)C3)n2)n1. The zero-order valence-corrected chi connectivity index (χ0v) is 17.7. The van der Waals surface area contributed by atoms with Crippen molar-refractivity contribution in [2.75, 3.05) is 13.1 Å². The van der Waals surface area contributed by atoms with Crippen molar-refractivity contribution in [1.82, 2.24) is 33.8 Å². The lowest BCUT2D eigenvalue weighted by Gasteiger charge is -2.39. The summed E-state index contributed by atoms with van der Waals surface area (Å²) in [4.78, 5) is 31.6. The van der Waals surface area contributed by atoms with Gasteiger partial charge in [0.1, 0.15) is 11.3 Å². The topological polar surface area (TPSA) is 90.3 Å². The molecule has 0 saturated carbocycles. The molecule has 1 fully saturated rings. The van der Waals surface area contributed by atoms with E-state index in [1.54, 1.807) is 15.6 Å². The molecule has 4 aromatic heterocycles. The maximum absolute atomic E-state index is 13.0. The first-order valence-electron chi connectivity index (χ1n) is 10.3. The second kappa shape index (κ2) is 7.19. The maximum atomic E-state index is 13.0. The molecule has 0 aliphatic carbocycles. The Balaban J connectivity index is 1.31. The van der Waals surface area contributed by atoms with Crippen LogP contribution in [0.4, 0.5) is 0 Å². The highest BCUT2D eigenvalue weighted by atomic mass is 16.2. The van der Waals surface area contributed by atoms with Crippen LogP contribution in [0.5, 0.6) is 0 Å². The molecule has 4 aromatic rings. The van der Waals surface area contributed by atoms with Crippen LogP contribution >= 0.6 is 0 Å². The molecular formula is C22H23N7O2. The van der Waals surface area contributed by atoms with Crippen LogP contribution < -0.4 is 5.56 Å². The van der Waals surface area contributed by atoms with E-state index < -0.39 is 0 Å². The van der Waals surface area contributed by atoms with E-state index in [2.05, 4.69) is 15.2 Å². The minimum Gasteiger partial charge on any atom is -0.336 e. The van der Waals surface area contributed by atoms with Gasteiger partial charge in [-0.15, -0.1) is 5.10 Å². The second-order valence-electron chi connectivity index (χ2n) is 8.10. The monoisotopic (exact) mass is 417 g/mol. The van der Waals surface area contributed by atoms with Crippen molar-refractivity contribution in [3.8, 4) is 5.82 Å². The van der Waals surface area contributed by atoms with Crippen LogP contribution in [-0.2, 0) is 6.54 Å². The molecule has 158 valence electrons. The van der Waals surface area contributed by atoms with Gasteiger partial charge in [0, 0.05) is 37.0 Å². The molecule has 0 aromatic carbocycles. The van der Waals surface area contributed by atoms with Gasteiger partial charge in [0.25, 0.3) is 11.5 Å². The molecule has 0 bridgehead atoms. The van der Waals surface area contributed by atoms with Crippen molar-refractivity contribution in [3.63, 3.8) is 0 Å². The van der Waals surface area contributed by atoms with Gasteiger partial charge in [-0.25, -0.2) is 14.3 Å². The number of carbonyl (C=O) groups is 1. The van der Waals surface area contributed by atoms with Gasteiger partial charge in [-0.1, -0.05) is 6.07 Å². The Morgan fingerprint density at radius 1 is 1.10 bits per heavy atom. The van der Waals surface area contributed by atoms with Crippen LogP contribution in [0.3, 0.4) is 0 Å². The number of amides is 1. The lowest BCUT2D eigenvalue weighted by Crippen LogP contribution is -2.52. The van der Waals surface area contributed by atoms with E-state index >= 15 is 0 Å². The van der Waals surface area contributed by atoms with E-state index in [9.17, 15) is 9.59 Å². The number of rotatable bonds is 4. The van der Waals surface area contributed by atoms with Gasteiger partial charge < -0.3 is 4.90 Å². The number of hydrogen-bond acceptors (Lipinski definition) is 5. The molecule has 9 nitrogen and oxygen atoms in total. The number of hydrogen-bond donors (Lipinski definition) is 0. The Kier molecular flexibility index (Phi) is 4.46. The summed E-state index contributed by atoms with van der Waals surface area (Å²) in [5.41, 5.74) is 3.77. The largest absolute Gasteiger partial charge is 0.336 e. The minimum atomic E-state index is -0.160. The summed E-state index contributed by atoms with van der Waals surface area (Å²) < 4.78 is 5.03. The molecule has 1 aliphatic heterocycles. The smallest absolute Gasteiger partial charge is 0.272 e. The van der Waals surface area contributed by atoms with Crippen molar-refractivity contribution in [2.24, 2.45) is 5.92 Å². The quantitative estimate of drug-likeness (QED) is 0.505. The van der Waals surface area contributed by atoms with Gasteiger partial charge in [-0.3, -0.25) is 14.0 Å². The average Bonchev–Trinajstić information content (AvgIpc) is 3.22. The van der Waals surface area contributed by atoms with E-state index in [1.807, 2.05) is 55.6 Å². The van der Waals surface area contributed by atoms with E-state index in [1.165, 1.54) is 10.7 Å². The molecule has 1 saturated heterocycles. The van der Waals surface area contributed by atoms with Gasteiger partial charge in [-0.05, 0) is 45.0 Å². The standard InChI is InChI=1S/C22H23N7O2/c1-14-10-15(2)29(24-14)19-7-8-20(30)28(25-19)13-17-11-26(12-17)22(31)21-16(3)23-18-6-4-5-9-27(18)21/h4-10,17H,11-13H2,1-3H3. The molecule has 1 aliphatic rings. The predicted octanol–water partition coefficient (Wildman–Crippen LogP) is 1.77. The first-order chi connectivity index (χ1) is 14.9. The van der Waals surface area contributed by atoms with Crippen LogP contribution in [0.2, 0.25) is 0 Å². The van der Waals surface area contributed by atoms with E-state index in [-0.39, 0.29) is 17.4 Å². The van der Waals surface area contributed by atoms with Crippen molar-refractivity contribution >= 4 is 11.6 Å². The van der Waals surface area contributed by atoms with Crippen LogP contribution in [-0.4, -0.2) is 52.8 Å². The number of fused-ring (bicyclic) bond motifs is 1. The first-order valence-corrected chi connectivity index (χ1v) is 10.3. The molecule has 5 heterocycles. The first kappa shape index (κ1) is 19.2. The molecule has 0 N–H and O–H groups in total. The van der Waals surface area contributed by atoms with E-state index in [0.29, 0.717) is 31.1 Å². The van der Waals surface area contributed by atoms with Crippen molar-refractivity contribution < 1.29 is 4.79 Å². The van der Waals surface area contributed by atoms with Crippen LogP contribution in [0, 0.1) is 26.7 Å².